The van der Waals surface area contributed by atoms with Crippen LogP contribution < -0.4 is 24.8 Å². The average molecular weight is 919 g/mol. The van der Waals surface area contributed by atoms with Crippen molar-refractivity contribution in [1.29, 1.82) is 0 Å². The number of benzene rings is 4. The second-order valence-corrected chi connectivity index (χ2v) is 19.9. The number of hydrogen-bond donors (Lipinski definition) is 0. The molecule has 0 saturated heterocycles. The van der Waals surface area contributed by atoms with Crippen molar-refractivity contribution < 1.29 is 75.4 Å². The van der Waals surface area contributed by atoms with Gasteiger partial charge in [-0.2, -0.15) is 23.8 Å². The van der Waals surface area contributed by atoms with Gasteiger partial charge in [0, 0.05) is 0 Å². The van der Waals surface area contributed by atoms with Crippen molar-refractivity contribution in [3.8, 4) is 11.1 Å². The summed E-state index contributed by atoms with van der Waals surface area (Å²) < 4.78 is 75.6. The third-order valence-electron chi connectivity index (χ3n) is 9.82. The molecular weight excluding hydrogens is 865 g/mol. The zero-order chi connectivity index (χ0) is 42.2. The summed E-state index contributed by atoms with van der Waals surface area (Å²) in [5.41, 5.74) is 11.6. The van der Waals surface area contributed by atoms with Crippen LogP contribution >= 0.6 is 0 Å². The molecule has 6 rings (SSSR count). The minimum absolute atomic E-state index is 0. The molecule has 2 aliphatic carbocycles. The fourth-order valence-electron chi connectivity index (χ4n) is 6.78. The first kappa shape index (κ1) is 51.4. The zero-order valence-corrected chi connectivity index (χ0v) is 39.5. The van der Waals surface area contributed by atoms with Crippen LogP contribution in [0.15, 0.2) is 85.0 Å². The minimum Gasteiger partial charge on any atom is -1.00 e. The number of rotatable bonds is 2. The summed E-state index contributed by atoms with van der Waals surface area (Å²) in [7, 11) is 0. The summed E-state index contributed by atoms with van der Waals surface area (Å²) in [6.07, 6.45) is 2.19. The zero-order valence-electron chi connectivity index (χ0n) is 35.5. The van der Waals surface area contributed by atoms with Crippen molar-refractivity contribution in [3.05, 3.63) is 153 Å². The van der Waals surface area contributed by atoms with Crippen molar-refractivity contribution >= 4 is 3.21 Å². The second kappa shape index (κ2) is 18.9. The van der Waals surface area contributed by atoms with Crippen molar-refractivity contribution in [2.45, 2.75) is 130 Å². The van der Waals surface area contributed by atoms with E-state index in [1.165, 1.54) is 68.8 Å². The molecule has 0 saturated carbocycles. The van der Waals surface area contributed by atoms with Crippen molar-refractivity contribution in [2.24, 2.45) is 0 Å². The molecule has 0 radical (unpaired) electrons. The predicted octanol–water partition coefficient (Wildman–Crippen LogP) is 8.40. The van der Waals surface area contributed by atoms with Crippen LogP contribution in [0, 0.1) is 12.1 Å². The molecule has 0 unspecified atom stereocenters. The molecule has 0 N–H and O–H groups in total. The second-order valence-electron chi connectivity index (χ2n) is 18.7. The molecule has 0 atom stereocenters. The Morgan fingerprint density at radius 3 is 1.29 bits per heavy atom. The summed E-state index contributed by atoms with van der Waals surface area (Å²) in [4.78, 5) is 0. The van der Waals surface area contributed by atoms with Gasteiger partial charge in [-0.05, 0) is 39.4 Å². The van der Waals surface area contributed by atoms with E-state index in [0.717, 1.165) is 61.3 Å². The molecule has 0 aromatic heterocycles. The van der Waals surface area contributed by atoms with Gasteiger partial charge in [0.15, 0.2) is 0 Å². The average Bonchev–Trinajstić information content (AvgIpc) is 3.77. The van der Waals surface area contributed by atoms with Crippen LogP contribution in [0.25, 0.3) is 11.1 Å². The Balaban J connectivity index is 0.000000354. The first-order chi connectivity index (χ1) is 25.5. The molecule has 0 nitrogen and oxygen atoms in total. The SMILES string of the molecule is CC(C)(C)c1[c-]c2c(cc1C(C)(C)C)-c1cc(C(C)(C)C)c(C(C)(C)C)cc1C2.FC(F)(F)c1ccc([C](=[Zr+2])c2ccc(C(F)(F)F)cc2)cc1.[C-]1=CC=CC1.[Cl-].[Cl-]. The summed E-state index contributed by atoms with van der Waals surface area (Å²) >= 11 is 0.898. The molecule has 0 amide bonds. The number of hydrogen-bond acceptors (Lipinski definition) is 0. The van der Waals surface area contributed by atoms with Crippen molar-refractivity contribution in [2.75, 3.05) is 0 Å². The Bertz CT molecular complexity index is 1940. The number of fused-ring (bicyclic) bond motifs is 3. The monoisotopic (exact) mass is 916 g/mol. The third-order valence-corrected chi connectivity index (χ3v) is 11.2. The van der Waals surface area contributed by atoms with E-state index < -0.39 is 23.5 Å². The largest absolute Gasteiger partial charge is 1.00 e. The molecule has 0 bridgehead atoms. The quantitative estimate of drug-likeness (QED) is 0.123. The van der Waals surface area contributed by atoms with Crippen LogP contribution in [-0.2, 0) is 64.7 Å². The first-order valence-corrected chi connectivity index (χ1v) is 20.2. The van der Waals surface area contributed by atoms with Gasteiger partial charge in [0.05, 0.1) is 0 Å². The van der Waals surface area contributed by atoms with Crippen LogP contribution in [0.1, 0.15) is 145 Å². The Hall–Kier alpha value is -2.73. The van der Waals surface area contributed by atoms with Crippen LogP contribution in [0.5, 0.6) is 0 Å². The number of halogens is 8. The van der Waals surface area contributed by atoms with Crippen LogP contribution in [0.3, 0.4) is 0 Å². The maximum absolute atomic E-state index is 12.5. The van der Waals surface area contributed by atoms with E-state index in [0.29, 0.717) is 14.3 Å². The normalized spacial score (nSPS) is 13.6. The van der Waals surface area contributed by atoms with E-state index in [2.05, 4.69) is 120 Å². The number of alkyl halides is 6. The molecule has 0 spiro atoms. The van der Waals surface area contributed by atoms with Gasteiger partial charge in [-0.3, -0.25) is 6.08 Å². The molecule has 0 aliphatic heterocycles. The van der Waals surface area contributed by atoms with Gasteiger partial charge in [0.2, 0.25) is 0 Å². The molecule has 312 valence electrons. The van der Waals surface area contributed by atoms with Crippen LogP contribution in [0.4, 0.5) is 26.3 Å². The molecule has 4 aromatic carbocycles. The molecule has 9 heteroatoms. The van der Waals surface area contributed by atoms with Gasteiger partial charge in [-0.1, -0.05) is 106 Å². The fraction of sp³-hybridized carbons (Fsp3) is 0.408. The van der Waals surface area contributed by atoms with Crippen molar-refractivity contribution in [1.82, 2.24) is 0 Å². The maximum atomic E-state index is 12.5. The summed E-state index contributed by atoms with van der Waals surface area (Å²) in [5.74, 6) is 0. The molecule has 0 heterocycles. The Labute approximate surface area is 370 Å². The predicted molar refractivity (Wildman–Crippen MR) is 216 cm³/mol. The van der Waals surface area contributed by atoms with Gasteiger partial charge in [0.1, 0.15) is 0 Å². The molecule has 0 fully saturated rings. The molecule has 4 aromatic rings. The van der Waals surface area contributed by atoms with Crippen LogP contribution in [0.2, 0.25) is 0 Å². The summed E-state index contributed by atoms with van der Waals surface area (Å²) in [6.45, 7) is 28.0. The smallest absolute Gasteiger partial charge is 0.109 e. The van der Waals surface area contributed by atoms with E-state index in [1.54, 1.807) is 0 Å². The van der Waals surface area contributed by atoms with E-state index >= 15 is 0 Å². The van der Waals surface area contributed by atoms with Crippen LogP contribution in [-0.4, -0.2) is 3.21 Å². The van der Waals surface area contributed by atoms with Gasteiger partial charge in [0.25, 0.3) is 0 Å². The van der Waals surface area contributed by atoms with Gasteiger partial charge in [-0.25, -0.2) is 12.2 Å². The van der Waals surface area contributed by atoms with Crippen molar-refractivity contribution in [3.63, 3.8) is 0 Å². The Morgan fingerprint density at radius 2 is 0.966 bits per heavy atom. The van der Waals surface area contributed by atoms with E-state index in [9.17, 15) is 26.3 Å². The number of allylic oxidation sites excluding steroid dienone is 4. The van der Waals surface area contributed by atoms with E-state index in [4.69, 9.17) is 0 Å². The minimum atomic E-state index is -4.41. The summed E-state index contributed by atoms with van der Waals surface area (Å²) in [5, 5.41) is 0. The van der Waals surface area contributed by atoms with Gasteiger partial charge in [-0.15, -0.1) is 23.1 Å². The Kier molecular flexibility index (Phi) is 16.8. The van der Waals surface area contributed by atoms with Gasteiger partial charge < -0.3 is 24.8 Å². The van der Waals surface area contributed by atoms with E-state index in [1.807, 2.05) is 12.2 Å². The topological polar surface area (TPSA) is 0 Å². The summed E-state index contributed by atoms with van der Waals surface area (Å²) in [6, 6.07) is 20.5. The van der Waals surface area contributed by atoms with Gasteiger partial charge >= 0.3 is 137 Å². The standard InChI is InChI=1S/C29H41.C15H8F6.C5H5.2ClH.Zr/c1-26(2,3)22-14-18-13-19-15-23(27(4,5)6)25(29(10,11)12)17-21(19)20(18)16-24(22)28(7,8)9;16-14(17,18)12-5-1-10(2-6-12)9-11-3-7-13(8-4-11)15(19,20)21;1-2-4-5-3-1;;;/h14,16-17H,13H2,1-12H3;1-8H;1-3H,4H2;2*1H;/q-1;;-1;;;+2/p-2. The molecule has 2 aliphatic rings. The maximum Gasteiger partial charge on any atom is -0.109 e. The Morgan fingerprint density at radius 1 is 0.552 bits per heavy atom. The van der Waals surface area contributed by atoms with E-state index in [-0.39, 0.29) is 46.5 Å². The third kappa shape index (κ3) is 12.9. The molecule has 58 heavy (non-hydrogen) atoms. The first-order valence-electron chi connectivity index (χ1n) is 18.9. The molecular formula is C49H54Cl2F6Zr-2. The fourth-order valence-corrected chi connectivity index (χ4v) is 7.60.